The molecule has 0 aliphatic carbocycles. The van der Waals surface area contributed by atoms with E-state index in [4.69, 9.17) is 9.47 Å². The zero-order valence-corrected chi connectivity index (χ0v) is 18.3. The molecule has 1 amide bonds. The van der Waals surface area contributed by atoms with Crippen LogP contribution in [-0.2, 0) is 20.4 Å². The Morgan fingerprint density at radius 2 is 1.94 bits per heavy atom. The highest BCUT2D eigenvalue weighted by molar-refractivity contribution is 7.16. The minimum absolute atomic E-state index is 0.00861. The number of benzene rings is 2. The van der Waals surface area contributed by atoms with E-state index in [-0.39, 0.29) is 11.3 Å². The van der Waals surface area contributed by atoms with Crippen LogP contribution in [0.4, 0.5) is 24.5 Å². The van der Waals surface area contributed by atoms with Crippen LogP contribution in [0.2, 0.25) is 0 Å². The van der Waals surface area contributed by atoms with Gasteiger partial charge in [-0.3, -0.25) is 4.79 Å². The molecule has 1 fully saturated rings. The van der Waals surface area contributed by atoms with Gasteiger partial charge in [-0.15, -0.1) is 11.3 Å². The number of esters is 1. The third kappa shape index (κ3) is 5.25. The van der Waals surface area contributed by atoms with Crippen molar-refractivity contribution >= 4 is 44.8 Å². The second kappa shape index (κ2) is 9.36. The van der Waals surface area contributed by atoms with Crippen LogP contribution < -0.4 is 10.2 Å². The van der Waals surface area contributed by atoms with Crippen molar-refractivity contribution in [1.82, 2.24) is 4.98 Å². The Morgan fingerprint density at radius 3 is 2.67 bits per heavy atom. The lowest BCUT2D eigenvalue weighted by molar-refractivity contribution is -0.137. The number of nitrogens with zero attached hydrogens (tertiary/aromatic N) is 2. The lowest BCUT2D eigenvalue weighted by Crippen LogP contribution is -2.37. The second-order valence-corrected chi connectivity index (χ2v) is 8.29. The van der Waals surface area contributed by atoms with Gasteiger partial charge in [-0.1, -0.05) is 0 Å². The van der Waals surface area contributed by atoms with E-state index in [0.29, 0.717) is 32.0 Å². The number of rotatable bonds is 5. The molecular weight excluding hydrogens is 459 g/mol. The molecule has 0 bridgehead atoms. The van der Waals surface area contributed by atoms with Gasteiger partial charge in [0.05, 0.1) is 51.4 Å². The van der Waals surface area contributed by atoms with Gasteiger partial charge in [0.1, 0.15) is 0 Å². The number of alkyl halides is 3. The summed E-state index contributed by atoms with van der Waals surface area (Å²) in [6, 6.07) is 8.01. The number of nitrogens with one attached hydrogen (secondary N) is 1. The summed E-state index contributed by atoms with van der Waals surface area (Å²) >= 11 is 1.36. The quantitative estimate of drug-likeness (QED) is 0.549. The number of hydrogen-bond acceptors (Lipinski definition) is 7. The van der Waals surface area contributed by atoms with E-state index in [9.17, 15) is 22.8 Å². The highest BCUT2D eigenvalue weighted by atomic mass is 32.1. The summed E-state index contributed by atoms with van der Waals surface area (Å²) in [4.78, 5) is 31.2. The number of halogens is 3. The summed E-state index contributed by atoms with van der Waals surface area (Å²) in [5.41, 5.74) is 2.18. The number of morpholine rings is 1. The third-order valence-electron chi connectivity index (χ3n) is 5.15. The summed E-state index contributed by atoms with van der Waals surface area (Å²) in [6.45, 7) is 3.15. The van der Waals surface area contributed by atoms with Crippen molar-refractivity contribution in [3.63, 3.8) is 0 Å². The van der Waals surface area contributed by atoms with Crippen LogP contribution in [0.25, 0.3) is 10.2 Å². The van der Waals surface area contributed by atoms with Crippen molar-refractivity contribution in [3.05, 3.63) is 53.0 Å². The average Bonchev–Trinajstić information content (AvgIpc) is 3.27. The first-order chi connectivity index (χ1) is 15.7. The van der Waals surface area contributed by atoms with Crippen LogP contribution in [0.5, 0.6) is 0 Å². The van der Waals surface area contributed by atoms with E-state index in [1.165, 1.54) is 24.3 Å². The maximum atomic E-state index is 13.3. The molecule has 2 heterocycles. The monoisotopic (exact) mass is 479 g/mol. The molecule has 1 aromatic heterocycles. The SMILES string of the molecule is CC(OC(=O)c1ccc2ncsc2c1)C(=O)Nc1cc(C(F)(F)F)ccc1N1CCOCC1. The fraction of sp³-hybridized carbons (Fsp3) is 0.318. The van der Waals surface area contributed by atoms with E-state index in [2.05, 4.69) is 10.3 Å². The Kier molecular flexibility index (Phi) is 6.52. The molecule has 1 atom stereocenters. The zero-order valence-electron chi connectivity index (χ0n) is 17.5. The van der Waals surface area contributed by atoms with Crippen LogP contribution >= 0.6 is 11.3 Å². The summed E-state index contributed by atoms with van der Waals surface area (Å²) < 4.78 is 51.1. The Hall–Kier alpha value is -3.18. The van der Waals surface area contributed by atoms with Crippen molar-refractivity contribution in [1.29, 1.82) is 0 Å². The summed E-state index contributed by atoms with van der Waals surface area (Å²) in [5, 5.41) is 2.50. The van der Waals surface area contributed by atoms with Crippen LogP contribution in [0.15, 0.2) is 41.9 Å². The van der Waals surface area contributed by atoms with Gasteiger partial charge in [0.25, 0.3) is 5.91 Å². The van der Waals surface area contributed by atoms with Crippen molar-refractivity contribution in [2.45, 2.75) is 19.2 Å². The molecule has 1 unspecified atom stereocenters. The molecule has 0 saturated carbocycles. The Labute approximate surface area is 191 Å². The Bertz CT molecular complexity index is 1180. The molecule has 2 aromatic carbocycles. The second-order valence-electron chi connectivity index (χ2n) is 7.40. The van der Waals surface area contributed by atoms with Gasteiger partial charge in [0.15, 0.2) is 6.10 Å². The van der Waals surface area contributed by atoms with Crippen LogP contribution in [0.3, 0.4) is 0 Å². The van der Waals surface area contributed by atoms with Crippen LogP contribution in [-0.4, -0.2) is 49.3 Å². The summed E-state index contributed by atoms with van der Waals surface area (Å²) in [6.07, 6.45) is -5.81. The van der Waals surface area contributed by atoms with E-state index in [1.807, 2.05) is 4.90 Å². The van der Waals surface area contributed by atoms with Gasteiger partial charge >= 0.3 is 12.1 Å². The Balaban J connectivity index is 1.51. The first-order valence-electron chi connectivity index (χ1n) is 10.1. The summed E-state index contributed by atoms with van der Waals surface area (Å²) in [7, 11) is 0. The molecule has 0 spiro atoms. The maximum Gasteiger partial charge on any atom is 0.416 e. The first-order valence-corrected chi connectivity index (χ1v) is 11.0. The summed E-state index contributed by atoms with van der Waals surface area (Å²) in [5.74, 6) is -1.46. The third-order valence-corrected chi connectivity index (χ3v) is 5.95. The van der Waals surface area contributed by atoms with E-state index < -0.39 is 29.7 Å². The standard InChI is InChI=1S/C22H20F3N3O4S/c1-13(32-21(30)14-2-4-16-19(10-14)33-12-26-16)20(29)27-17-11-15(22(23,24)25)3-5-18(17)28-6-8-31-9-7-28/h2-5,10-13H,6-9H2,1H3,(H,27,29). The first kappa shape index (κ1) is 23.0. The van der Waals surface area contributed by atoms with Crippen molar-refractivity contribution in [2.24, 2.45) is 0 Å². The highest BCUT2D eigenvalue weighted by Gasteiger charge is 2.32. The van der Waals surface area contributed by atoms with Crippen LogP contribution in [0, 0.1) is 0 Å². The minimum atomic E-state index is -4.57. The van der Waals surface area contributed by atoms with Crippen molar-refractivity contribution < 1.29 is 32.2 Å². The molecule has 174 valence electrons. The van der Waals surface area contributed by atoms with Gasteiger partial charge < -0.3 is 19.7 Å². The van der Waals surface area contributed by atoms with E-state index in [0.717, 1.165) is 22.3 Å². The molecule has 1 N–H and O–H groups in total. The molecule has 1 aliphatic heterocycles. The number of carbonyl (C=O) groups excluding carboxylic acids is 2. The molecule has 1 saturated heterocycles. The average molecular weight is 479 g/mol. The molecule has 1 aliphatic rings. The maximum absolute atomic E-state index is 13.3. The van der Waals surface area contributed by atoms with Gasteiger partial charge in [-0.2, -0.15) is 13.2 Å². The highest BCUT2D eigenvalue weighted by Crippen LogP contribution is 2.36. The molecule has 3 aromatic rings. The fourth-order valence-electron chi connectivity index (χ4n) is 3.39. The number of anilines is 2. The van der Waals surface area contributed by atoms with Crippen molar-refractivity contribution in [3.8, 4) is 0 Å². The van der Waals surface area contributed by atoms with E-state index in [1.54, 1.807) is 23.7 Å². The largest absolute Gasteiger partial charge is 0.449 e. The number of fused-ring (bicyclic) bond motifs is 1. The number of ether oxygens (including phenoxy) is 2. The Morgan fingerprint density at radius 1 is 1.18 bits per heavy atom. The van der Waals surface area contributed by atoms with Gasteiger partial charge in [-0.05, 0) is 43.3 Å². The minimum Gasteiger partial charge on any atom is -0.449 e. The van der Waals surface area contributed by atoms with E-state index >= 15 is 0 Å². The van der Waals surface area contributed by atoms with Crippen LogP contribution in [0.1, 0.15) is 22.8 Å². The number of aromatic nitrogens is 1. The number of amides is 1. The predicted molar refractivity (Wildman–Crippen MR) is 118 cm³/mol. The number of carbonyl (C=O) groups is 2. The zero-order chi connectivity index (χ0) is 23.6. The lowest BCUT2D eigenvalue weighted by atomic mass is 10.1. The topological polar surface area (TPSA) is 80.8 Å². The van der Waals surface area contributed by atoms with Gasteiger partial charge in [-0.25, -0.2) is 9.78 Å². The van der Waals surface area contributed by atoms with Gasteiger partial charge in [0, 0.05) is 13.1 Å². The molecule has 11 heteroatoms. The lowest BCUT2D eigenvalue weighted by Gasteiger charge is -2.31. The van der Waals surface area contributed by atoms with Crippen molar-refractivity contribution in [2.75, 3.05) is 36.5 Å². The predicted octanol–water partition coefficient (Wildman–Crippen LogP) is 4.34. The normalized spacial score (nSPS) is 15.3. The molecule has 7 nitrogen and oxygen atoms in total. The number of hydrogen-bond donors (Lipinski definition) is 1. The number of thiazole rings is 1. The smallest absolute Gasteiger partial charge is 0.416 e. The van der Waals surface area contributed by atoms with Gasteiger partial charge in [0.2, 0.25) is 0 Å². The molecule has 4 rings (SSSR count). The molecule has 33 heavy (non-hydrogen) atoms. The fourth-order valence-corrected chi connectivity index (χ4v) is 4.11. The molecular formula is C22H20F3N3O4S. The molecule has 0 radical (unpaired) electrons.